The number of nitrogens with zero attached hydrogens (tertiary/aromatic N) is 3. The van der Waals surface area contributed by atoms with E-state index in [1.54, 1.807) is 24.8 Å². The molecule has 2 unspecified atom stereocenters. The van der Waals surface area contributed by atoms with Crippen molar-refractivity contribution in [1.29, 1.82) is 0 Å². The van der Waals surface area contributed by atoms with Crippen molar-refractivity contribution in [3.05, 3.63) is 63.2 Å². The average Bonchev–Trinajstić information content (AvgIpc) is 2.77. The summed E-state index contributed by atoms with van der Waals surface area (Å²) < 4.78 is 17.5. The lowest BCUT2D eigenvalue weighted by molar-refractivity contribution is -0.387. The van der Waals surface area contributed by atoms with Crippen molar-refractivity contribution < 1.29 is 23.5 Å². The van der Waals surface area contributed by atoms with E-state index in [1.807, 2.05) is 25.1 Å². The van der Waals surface area contributed by atoms with Gasteiger partial charge in [0.25, 0.3) is 11.6 Å². The first-order chi connectivity index (χ1) is 16.1. The van der Waals surface area contributed by atoms with Crippen LogP contribution in [-0.4, -0.2) is 63.4 Å². The molecule has 1 amide bonds. The van der Waals surface area contributed by atoms with E-state index in [1.165, 1.54) is 12.1 Å². The van der Waals surface area contributed by atoms with Gasteiger partial charge in [0.15, 0.2) is 0 Å². The van der Waals surface area contributed by atoms with Gasteiger partial charge >= 0.3 is 5.97 Å². The van der Waals surface area contributed by atoms with Crippen LogP contribution < -0.4 is 4.90 Å². The van der Waals surface area contributed by atoms with E-state index in [9.17, 15) is 23.9 Å². The van der Waals surface area contributed by atoms with Crippen LogP contribution in [-0.2, 0) is 20.3 Å². The smallest absolute Gasteiger partial charge is 0.319 e. The lowest BCUT2D eigenvalue weighted by Crippen LogP contribution is -2.53. The summed E-state index contributed by atoms with van der Waals surface area (Å²) in [5.74, 6) is -1.57. The zero-order valence-electron chi connectivity index (χ0n) is 19.1. The van der Waals surface area contributed by atoms with Crippen LogP contribution in [0.25, 0.3) is 0 Å². The first kappa shape index (κ1) is 25.6. The Labute approximate surface area is 205 Å². The molecule has 2 atom stereocenters. The largest absolute Gasteiger partial charge is 0.462 e. The number of hydrogen-bond acceptors (Lipinski definition) is 7. The standard InChI is InChI=1S/C23H26ClN3O6S/c1-15(2)33-22(28)14-34(32)21-8-7-17(11-20(21)27(30)31)23(29)25-9-10-26(16(3)13-25)19-6-4-5-18(24)12-19/h4-8,11-12,15-16H,9-10,13-14H2,1-3H3. The van der Waals surface area contributed by atoms with Crippen molar-refractivity contribution in [3.8, 4) is 0 Å². The first-order valence-corrected chi connectivity index (χ1v) is 12.4. The number of carbonyl (C=O) groups excluding carboxylic acids is 2. The average molecular weight is 508 g/mol. The van der Waals surface area contributed by atoms with Crippen molar-refractivity contribution >= 4 is 45.7 Å². The van der Waals surface area contributed by atoms with Crippen LogP contribution in [0.15, 0.2) is 47.4 Å². The molecule has 182 valence electrons. The second-order valence-corrected chi connectivity index (χ2v) is 10.1. The van der Waals surface area contributed by atoms with Gasteiger partial charge < -0.3 is 14.5 Å². The molecule has 0 bridgehead atoms. The summed E-state index contributed by atoms with van der Waals surface area (Å²) in [5, 5.41) is 12.3. The van der Waals surface area contributed by atoms with Gasteiger partial charge in [0, 0.05) is 48.0 Å². The fourth-order valence-corrected chi connectivity index (χ4v) is 5.04. The Bertz CT molecular complexity index is 1130. The molecule has 0 N–H and O–H groups in total. The Morgan fingerprint density at radius 3 is 2.59 bits per heavy atom. The van der Waals surface area contributed by atoms with Crippen LogP contribution in [0.2, 0.25) is 5.02 Å². The third-order valence-corrected chi connectivity index (χ3v) is 6.89. The first-order valence-electron chi connectivity index (χ1n) is 10.7. The van der Waals surface area contributed by atoms with E-state index in [2.05, 4.69) is 4.90 Å². The van der Waals surface area contributed by atoms with E-state index < -0.39 is 33.1 Å². The Morgan fingerprint density at radius 1 is 1.24 bits per heavy atom. The summed E-state index contributed by atoms with van der Waals surface area (Å²) >= 11 is 6.10. The van der Waals surface area contributed by atoms with Gasteiger partial charge in [-0.25, -0.2) is 0 Å². The number of nitro benzene ring substituents is 1. The molecule has 34 heavy (non-hydrogen) atoms. The van der Waals surface area contributed by atoms with Crippen LogP contribution in [0.5, 0.6) is 0 Å². The van der Waals surface area contributed by atoms with Crippen LogP contribution >= 0.6 is 11.6 Å². The van der Waals surface area contributed by atoms with E-state index in [0.29, 0.717) is 24.7 Å². The topological polar surface area (TPSA) is 110 Å². The molecular formula is C23H26ClN3O6S. The Hall–Kier alpha value is -2.98. The van der Waals surface area contributed by atoms with Gasteiger partial charge in [0.2, 0.25) is 0 Å². The number of esters is 1. The highest BCUT2D eigenvalue weighted by Crippen LogP contribution is 2.27. The minimum atomic E-state index is -1.98. The fraction of sp³-hybridized carbons (Fsp3) is 0.391. The highest BCUT2D eigenvalue weighted by atomic mass is 35.5. The molecular weight excluding hydrogens is 482 g/mol. The normalized spacial score (nSPS) is 16.9. The summed E-state index contributed by atoms with van der Waals surface area (Å²) in [6, 6.07) is 11.3. The number of nitro groups is 1. The molecule has 0 aromatic heterocycles. The van der Waals surface area contributed by atoms with Crippen LogP contribution in [0, 0.1) is 10.1 Å². The van der Waals surface area contributed by atoms with E-state index in [4.69, 9.17) is 16.3 Å². The number of carbonyl (C=O) groups is 2. The van der Waals surface area contributed by atoms with E-state index in [-0.39, 0.29) is 28.5 Å². The zero-order chi connectivity index (χ0) is 25.0. The zero-order valence-corrected chi connectivity index (χ0v) is 20.7. The number of halogens is 1. The molecule has 1 heterocycles. The number of piperazine rings is 1. The van der Waals surface area contributed by atoms with Gasteiger partial charge in [-0.05, 0) is 51.1 Å². The summed E-state index contributed by atoms with van der Waals surface area (Å²) in [5.41, 5.74) is 0.623. The number of anilines is 1. The monoisotopic (exact) mass is 507 g/mol. The van der Waals surface area contributed by atoms with Crippen LogP contribution in [0.4, 0.5) is 11.4 Å². The van der Waals surface area contributed by atoms with Gasteiger partial charge in [0.1, 0.15) is 10.6 Å². The van der Waals surface area contributed by atoms with Crippen LogP contribution in [0.1, 0.15) is 31.1 Å². The SMILES string of the molecule is CC(C)OC(=O)CS(=O)c1ccc(C(=O)N2CCN(c3cccc(Cl)c3)C(C)C2)cc1[N+](=O)[O-]. The van der Waals surface area contributed by atoms with Gasteiger partial charge in [-0.15, -0.1) is 0 Å². The predicted molar refractivity (Wildman–Crippen MR) is 130 cm³/mol. The highest BCUT2D eigenvalue weighted by molar-refractivity contribution is 7.85. The maximum absolute atomic E-state index is 13.1. The molecule has 9 nitrogen and oxygen atoms in total. The molecule has 2 aromatic rings. The van der Waals surface area contributed by atoms with Gasteiger partial charge in [-0.1, -0.05) is 17.7 Å². The van der Waals surface area contributed by atoms with Crippen molar-refractivity contribution in [2.75, 3.05) is 30.3 Å². The third kappa shape index (κ3) is 6.12. The van der Waals surface area contributed by atoms with Crippen molar-refractivity contribution in [1.82, 2.24) is 4.90 Å². The second-order valence-electron chi connectivity index (χ2n) is 8.24. The molecule has 0 spiro atoms. The molecule has 3 rings (SSSR count). The lowest BCUT2D eigenvalue weighted by atomic mass is 10.1. The highest BCUT2D eigenvalue weighted by Gasteiger charge is 2.30. The summed E-state index contributed by atoms with van der Waals surface area (Å²) in [6.07, 6.45) is -0.388. The van der Waals surface area contributed by atoms with Crippen molar-refractivity contribution in [2.45, 2.75) is 37.8 Å². The van der Waals surface area contributed by atoms with Gasteiger partial charge in [-0.3, -0.25) is 23.9 Å². The van der Waals surface area contributed by atoms with Crippen LogP contribution in [0.3, 0.4) is 0 Å². The number of hydrogen-bond donors (Lipinski definition) is 0. The number of benzene rings is 2. The predicted octanol–water partition coefficient (Wildman–Crippen LogP) is 3.66. The molecule has 2 aromatic carbocycles. The quantitative estimate of drug-likeness (QED) is 0.319. The van der Waals surface area contributed by atoms with Crippen molar-refractivity contribution in [2.24, 2.45) is 0 Å². The van der Waals surface area contributed by atoms with E-state index >= 15 is 0 Å². The fourth-order valence-electron chi connectivity index (χ4n) is 3.83. The van der Waals surface area contributed by atoms with Crippen molar-refractivity contribution in [3.63, 3.8) is 0 Å². The molecule has 0 radical (unpaired) electrons. The van der Waals surface area contributed by atoms with Gasteiger partial charge in [-0.2, -0.15) is 0 Å². The molecule has 1 saturated heterocycles. The number of rotatable bonds is 7. The maximum atomic E-state index is 13.1. The van der Waals surface area contributed by atoms with E-state index in [0.717, 1.165) is 11.8 Å². The molecule has 1 aliphatic rings. The summed E-state index contributed by atoms with van der Waals surface area (Å²) in [4.78, 5) is 39.5. The summed E-state index contributed by atoms with van der Waals surface area (Å²) in [7, 11) is -1.98. The van der Waals surface area contributed by atoms with Gasteiger partial charge in [0.05, 0.1) is 21.8 Å². The Balaban J connectivity index is 1.75. The maximum Gasteiger partial charge on any atom is 0.319 e. The number of ether oxygens (including phenoxy) is 1. The summed E-state index contributed by atoms with van der Waals surface area (Å²) in [6.45, 7) is 6.73. The molecule has 1 aliphatic heterocycles. The third-order valence-electron chi connectivity index (χ3n) is 5.32. The second kappa shape index (κ2) is 11.0. The Morgan fingerprint density at radius 2 is 1.97 bits per heavy atom. The lowest BCUT2D eigenvalue weighted by Gasteiger charge is -2.41. The molecule has 0 aliphatic carbocycles. The molecule has 0 saturated carbocycles. The molecule has 1 fully saturated rings. The minimum Gasteiger partial charge on any atom is -0.462 e. The Kier molecular flexibility index (Phi) is 8.27. The number of amides is 1. The molecule has 11 heteroatoms. The minimum absolute atomic E-state index is 0.00454.